The number of pyridine rings is 1. The zero-order chi connectivity index (χ0) is 60.9. The van der Waals surface area contributed by atoms with Crippen LogP contribution in [0.25, 0.3) is 0 Å². The first kappa shape index (κ1) is 66.6. The summed E-state index contributed by atoms with van der Waals surface area (Å²) in [7, 11) is 6.64. The number of rotatable bonds is 19. The van der Waals surface area contributed by atoms with Crippen molar-refractivity contribution in [3.05, 3.63) is 48.3 Å². The maximum absolute atomic E-state index is 15.5. The van der Waals surface area contributed by atoms with Crippen LogP contribution in [-0.2, 0) is 52.3 Å². The van der Waals surface area contributed by atoms with Crippen LogP contribution in [0.1, 0.15) is 145 Å². The van der Waals surface area contributed by atoms with E-state index in [4.69, 9.17) is 47.4 Å². The number of carbonyl (C=O) groups excluding carboxylic acids is 4. The molecular weight excluding hydrogens is 1090 g/mol. The monoisotopic (exact) mass is 1180 g/mol. The van der Waals surface area contributed by atoms with Gasteiger partial charge in [0.1, 0.15) is 29.3 Å². The number of hydrogen-bond acceptors (Lipinski definition) is 19. The Bertz CT molecular complexity index is 2490. The smallest absolute Gasteiger partial charge is 0.320 e. The third-order valence-corrected chi connectivity index (χ3v) is 19.9. The second-order valence-electron chi connectivity index (χ2n) is 25.3. The normalized spacial score (nSPS) is 37.7. The number of fused-ring (bicyclic) bond motifs is 1. The molecule has 1 aliphatic carbocycles. The fourth-order valence-corrected chi connectivity index (χ4v) is 15.4. The van der Waals surface area contributed by atoms with Crippen molar-refractivity contribution in [1.29, 1.82) is 0 Å². The molecule has 2 N–H and O–H groups in total. The predicted octanol–water partition coefficient (Wildman–Crippen LogP) is 8.46. The zero-order valence-corrected chi connectivity index (χ0v) is 52.9. The SMILES string of the molecule is CC[C@H]1OC(=O)[C@H](C)[C@@H](O[C@H]2C[C@@](C)(OC)[C@@H](O)[C@H](C)O2)[C@H](C)[C@@H](O[C@@H]2O[C@H](C)C[C@H](N(C)CC(C)C)[C@H]2O)[C@](C)(OC)C[C@@H](C)C(=O)[C@H](C)[C@H]2C(SCCN(C(=O)c3ccncc3)c3ccc(OC)c(OC4CCCC4)c3)C(=O)O[C@@]21C. The van der Waals surface area contributed by atoms with Crippen molar-refractivity contribution in [3.8, 4) is 11.5 Å². The summed E-state index contributed by atoms with van der Waals surface area (Å²) in [6.07, 6.45) is -0.346. The predicted molar refractivity (Wildman–Crippen MR) is 314 cm³/mol. The van der Waals surface area contributed by atoms with E-state index in [0.29, 0.717) is 35.1 Å². The van der Waals surface area contributed by atoms with E-state index in [0.717, 1.165) is 32.2 Å². The Labute approximate surface area is 497 Å². The number of cyclic esters (lactones) is 1. The Morgan fingerprint density at radius 2 is 1.54 bits per heavy atom. The molecule has 466 valence electrons. The Kier molecular flexibility index (Phi) is 22.7. The maximum atomic E-state index is 15.5. The highest BCUT2D eigenvalue weighted by atomic mass is 32.2. The van der Waals surface area contributed by atoms with E-state index in [-0.39, 0.29) is 61.5 Å². The van der Waals surface area contributed by atoms with Crippen molar-refractivity contribution in [1.82, 2.24) is 9.88 Å². The largest absolute Gasteiger partial charge is 0.493 e. The molecule has 1 aromatic heterocycles. The summed E-state index contributed by atoms with van der Waals surface area (Å²) >= 11 is 1.29. The van der Waals surface area contributed by atoms with Gasteiger partial charge in [-0.3, -0.25) is 24.2 Å². The fourth-order valence-electron chi connectivity index (χ4n) is 13.9. The highest BCUT2D eigenvalue weighted by Crippen LogP contribution is 2.50. The van der Waals surface area contributed by atoms with Gasteiger partial charge in [0.25, 0.3) is 5.91 Å². The van der Waals surface area contributed by atoms with Crippen molar-refractivity contribution >= 4 is 41.1 Å². The molecule has 1 amide bonds. The lowest BCUT2D eigenvalue weighted by molar-refractivity contribution is -0.319. The molecule has 20 heteroatoms. The van der Waals surface area contributed by atoms with Crippen LogP contribution in [0, 0.1) is 35.5 Å². The van der Waals surface area contributed by atoms with Crippen molar-refractivity contribution in [2.75, 3.05) is 52.1 Å². The topological polar surface area (TPSA) is 220 Å². The number of carbonyl (C=O) groups is 4. The van der Waals surface area contributed by atoms with Gasteiger partial charge in [0.15, 0.2) is 29.7 Å². The van der Waals surface area contributed by atoms with E-state index in [1.807, 2.05) is 60.7 Å². The molecule has 2 aromatic rings. The minimum Gasteiger partial charge on any atom is -0.493 e. The van der Waals surface area contributed by atoms with Crippen molar-refractivity contribution < 1.29 is 76.8 Å². The van der Waals surface area contributed by atoms with Crippen LogP contribution in [0.3, 0.4) is 0 Å². The van der Waals surface area contributed by atoms with Gasteiger partial charge >= 0.3 is 11.9 Å². The summed E-state index contributed by atoms with van der Waals surface area (Å²) in [6, 6.07) is 8.40. The van der Waals surface area contributed by atoms with Crippen LogP contribution in [0.4, 0.5) is 5.69 Å². The fraction of sp³-hybridized carbons (Fsp3) is 0.762. The van der Waals surface area contributed by atoms with E-state index >= 15 is 9.59 Å². The third-order valence-electron chi connectivity index (χ3n) is 18.7. The lowest BCUT2D eigenvalue weighted by Crippen LogP contribution is -2.61. The van der Waals surface area contributed by atoms with E-state index < -0.39 is 113 Å². The van der Waals surface area contributed by atoms with Crippen molar-refractivity contribution in [3.63, 3.8) is 0 Å². The number of likely N-dealkylation sites (N-methyl/N-ethyl adjacent to an activating group) is 1. The molecule has 5 fully saturated rings. The summed E-state index contributed by atoms with van der Waals surface area (Å²) in [5.41, 5.74) is -2.94. The summed E-state index contributed by atoms with van der Waals surface area (Å²) in [4.78, 5) is 68.1. The number of ether oxygens (including phenoxy) is 10. The number of aliphatic hydroxyl groups excluding tert-OH is 2. The van der Waals surface area contributed by atoms with Crippen LogP contribution in [-0.4, -0.2) is 180 Å². The highest BCUT2D eigenvalue weighted by molar-refractivity contribution is 8.00. The molecule has 1 saturated carbocycles. The van der Waals surface area contributed by atoms with Crippen molar-refractivity contribution in [2.24, 2.45) is 35.5 Å². The molecule has 19 nitrogen and oxygen atoms in total. The van der Waals surface area contributed by atoms with Gasteiger partial charge in [-0.2, -0.15) is 0 Å². The van der Waals surface area contributed by atoms with E-state index in [1.165, 1.54) is 18.9 Å². The number of aromatic nitrogens is 1. The summed E-state index contributed by atoms with van der Waals surface area (Å²) in [5, 5.41) is 22.6. The summed E-state index contributed by atoms with van der Waals surface area (Å²) in [5.74, 6) is -4.31. The number of anilines is 1. The van der Waals surface area contributed by atoms with Gasteiger partial charge in [-0.05, 0) is 124 Å². The van der Waals surface area contributed by atoms with Gasteiger partial charge in [-0.15, -0.1) is 11.8 Å². The Hall–Kier alpha value is -3.96. The molecule has 4 saturated heterocycles. The Balaban J connectivity index is 1.27. The van der Waals surface area contributed by atoms with Crippen molar-refractivity contribution in [2.45, 2.75) is 224 Å². The average molecular weight is 1180 g/mol. The summed E-state index contributed by atoms with van der Waals surface area (Å²) in [6.45, 7) is 23.3. The second-order valence-corrected chi connectivity index (χ2v) is 26.6. The van der Waals surface area contributed by atoms with Gasteiger partial charge in [0.2, 0.25) is 0 Å². The standard InChI is InChI=1S/C63H97N3O16S/c1-17-48-63(12)50(54(59(72)82-63)83-29-28-66(57(70)42-24-26-64-27-25-42)43-22-23-46(73-14)47(31-43)78-44-20-18-19-21-44)38(6)51(67)36(4)32-62(11,75-16)56(81-60-52(68)45(30-37(5)76-60)65(13)34-35(2)3)39(7)53(40(8)58(71)79-48)80-49-33-61(10,74-15)55(69)41(9)77-49/h22-27,31,35-41,44-45,48-50,52-56,60,68-69H,17-21,28-30,32-34H2,1-16H3/t36-,37-,38-,39+,40-,41+,45+,48-,49+,50+,52-,53+,54?,55+,56-,60+,61-,62-,63-/m1/s1. The molecule has 0 bridgehead atoms. The van der Waals surface area contributed by atoms with Gasteiger partial charge in [-0.1, -0.05) is 41.5 Å². The van der Waals surface area contributed by atoms with Crippen LogP contribution in [0.15, 0.2) is 42.7 Å². The first-order valence-corrected chi connectivity index (χ1v) is 31.2. The van der Waals surface area contributed by atoms with E-state index in [9.17, 15) is 19.8 Å². The minimum absolute atomic E-state index is 0.0209. The molecule has 0 radical (unpaired) electrons. The molecule has 0 spiro atoms. The van der Waals surface area contributed by atoms with Gasteiger partial charge in [0, 0.05) is 98.9 Å². The lowest BCUT2D eigenvalue weighted by atomic mass is 9.70. The minimum atomic E-state index is -1.51. The number of methoxy groups -OCH3 is 3. The maximum Gasteiger partial charge on any atom is 0.320 e. The molecule has 7 rings (SSSR count). The quantitative estimate of drug-likeness (QED) is 0.126. The number of ketones is 1. The number of nitrogens with zero attached hydrogens (tertiary/aromatic N) is 3. The average Bonchev–Trinajstić information content (AvgIpc) is 2.34. The third kappa shape index (κ3) is 14.7. The highest BCUT2D eigenvalue weighted by Gasteiger charge is 2.62. The Morgan fingerprint density at radius 3 is 2.17 bits per heavy atom. The molecule has 19 atom stereocenters. The number of Topliss-reactive ketones (excluding diaryl/α,β-unsaturated/α-hetero) is 1. The number of hydrogen-bond donors (Lipinski definition) is 2. The molecule has 5 heterocycles. The number of esters is 2. The van der Waals surface area contributed by atoms with E-state index in [1.54, 1.807) is 77.4 Å². The molecule has 83 heavy (non-hydrogen) atoms. The number of benzene rings is 1. The second kappa shape index (κ2) is 28.3. The Morgan fingerprint density at radius 1 is 0.867 bits per heavy atom. The number of amides is 1. The molecule has 5 aliphatic rings. The number of thioether (sulfide) groups is 1. The van der Waals surface area contributed by atoms with Crippen LogP contribution in [0.5, 0.6) is 11.5 Å². The lowest BCUT2D eigenvalue weighted by Gasteiger charge is -2.50. The first-order chi connectivity index (χ1) is 39.2. The zero-order valence-electron chi connectivity index (χ0n) is 52.1. The van der Waals surface area contributed by atoms with Crippen LogP contribution < -0.4 is 14.4 Å². The summed E-state index contributed by atoms with van der Waals surface area (Å²) < 4.78 is 64.8. The molecule has 4 aliphatic heterocycles. The van der Waals surface area contributed by atoms with Crippen LogP contribution >= 0.6 is 11.8 Å². The van der Waals surface area contributed by atoms with Gasteiger partial charge in [0.05, 0.1) is 54.7 Å². The first-order valence-electron chi connectivity index (χ1n) is 30.2. The molecule has 1 aromatic carbocycles. The number of aliphatic hydroxyl groups is 2. The van der Waals surface area contributed by atoms with Gasteiger partial charge < -0.3 is 67.4 Å². The van der Waals surface area contributed by atoms with E-state index in [2.05, 4.69) is 23.7 Å². The molecular formula is C63H97N3O16S. The van der Waals surface area contributed by atoms with Gasteiger partial charge in [-0.25, -0.2) is 0 Å². The van der Waals surface area contributed by atoms with Crippen LogP contribution in [0.2, 0.25) is 0 Å². The molecule has 1 unspecified atom stereocenters.